The zero-order valence-corrected chi connectivity index (χ0v) is 13.5. The lowest BCUT2D eigenvalue weighted by molar-refractivity contribution is -0.122. The largest absolute Gasteiger partial charge is 0.382 e. The van der Waals surface area contributed by atoms with Crippen molar-refractivity contribution in [2.75, 3.05) is 11.9 Å². The van der Waals surface area contributed by atoms with Crippen molar-refractivity contribution < 1.29 is 4.79 Å². The van der Waals surface area contributed by atoms with Gasteiger partial charge in [-0.1, -0.05) is 44.9 Å². The fourth-order valence-electron chi connectivity index (χ4n) is 3.00. The van der Waals surface area contributed by atoms with Crippen LogP contribution >= 0.6 is 0 Å². The maximum absolute atomic E-state index is 12.5. The van der Waals surface area contributed by atoms with E-state index in [1.54, 1.807) is 0 Å². The van der Waals surface area contributed by atoms with E-state index in [2.05, 4.69) is 43.5 Å². The number of para-hydroxylation sites is 1. The fourth-order valence-corrected chi connectivity index (χ4v) is 3.00. The van der Waals surface area contributed by atoms with Gasteiger partial charge in [-0.25, -0.2) is 0 Å². The second-order valence-corrected chi connectivity index (χ2v) is 6.60. The van der Waals surface area contributed by atoms with Crippen LogP contribution < -0.4 is 10.6 Å². The van der Waals surface area contributed by atoms with Crippen molar-refractivity contribution in [2.24, 2.45) is 5.92 Å². The predicted octanol–water partition coefficient (Wildman–Crippen LogP) is 3.92. The third-order valence-electron chi connectivity index (χ3n) is 4.15. The standard InChI is InChI=1S/C18H28N2O/c1-13(2)8-6-7-11-19-18(21)16-12-14(3)20-17-10-5-4-9-15(16)17/h4-5,9-10,13-14,16,20H,6-8,11-12H2,1-3H3,(H,19,21). The average molecular weight is 288 g/mol. The summed E-state index contributed by atoms with van der Waals surface area (Å²) in [6.45, 7) is 7.42. The van der Waals surface area contributed by atoms with Crippen molar-refractivity contribution in [2.45, 2.75) is 58.4 Å². The first-order valence-corrected chi connectivity index (χ1v) is 8.21. The number of hydrogen-bond acceptors (Lipinski definition) is 2. The van der Waals surface area contributed by atoms with Gasteiger partial charge in [0.25, 0.3) is 0 Å². The summed E-state index contributed by atoms with van der Waals surface area (Å²) in [5.74, 6) is 0.917. The number of rotatable bonds is 6. The van der Waals surface area contributed by atoms with Crippen LogP contribution in [0.5, 0.6) is 0 Å². The summed E-state index contributed by atoms with van der Waals surface area (Å²) < 4.78 is 0. The van der Waals surface area contributed by atoms with Crippen LogP contribution in [0.15, 0.2) is 24.3 Å². The van der Waals surface area contributed by atoms with E-state index < -0.39 is 0 Å². The number of unbranched alkanes of at least 4 members (excludes halogenated alkanes) is 1. The molecule has 0 spiro atoms. The van der Waals surface area contributed by atoms with Crippen molar-refractivity contribution in [1.29, 1.82) is 0 Å². The average Bonchev–Trinajstić information content (AvgIpc) is 2.45. The molecule has 1 amide bonds. The van der Waals surface area contributed by atoms with Gasteiger partial charge in [0.05, 0.1) is 5.92 Å². The molecule has 3 heteroatoms. The minimum atomic E-state index is -0.0115. The Morgan fingerprint density at radius 2 is 2.10 bits per heavy atom. The molecular weight excluding hydrogens is 260 g/mol. The van der Waals surface area contributed by atoms with Gasteiger partial charge >= 0.3 is 0 Å². The minimum Gasteiger partial charge on any atom is -0.382 e. The van der Waals surface area contributed by atoms with E-state index in [9.17, 15) is 4.79 Å². The van der Waals surface area contributed by atoms with Crippen LogP contribution in [-0.2, 0) is 4.79 Å². The van der Waals surface area contributed by atoms with Crippen molar-refractivity contribution in [3.63, 3.8) is 0 Å². The Labute approximate surface area is 128 Å². The molecule has 1 aliphatic rings. The molecule has 2 unspecified atom stereocenters. The molecule has 3 nitrogen and oxygen atoms in total. The Bertz CT molecular complexity index is 470. The zero-order valence-electron chi connectivity index (χ0n) is 13.5. The fraction of sp³-hybridized carbons (Fsp3) is 0.611. The molecule has 2 rings (SSSR count). The molecule has 0 bridgehead atoms. The summed E-state index contributed by atoms with van der Waals surface area (Å²) in [6, 6.07) is 8.51. The number of carbonyl (C=O) groups excluding carboxylic acids is 1. The second kappa shape index (κ2) is 7.48. The predicted molar refractivity (Wildman–Crippen MR) is 88.6 cm³/mol. The molecule has 2 atom stereocenters. The Morgan fingerprint density at radius 3 is 2.86 bits per heavy atom. The van der Waals surface area contributed by atoms with Crippen LogP contribution in [0.2, 0.25) is 0 Å². The second-order valence-electron chi connectivity index (χ2n) is 6.60. The van der Waals surface area contributed by atoms with Crippen molar-refractivity contribution >= 4 is 11.6 Å². The van der Waals surface area contributed by atoms with Gasteiger partial charge in [0.15, 0.2) is 0 Å². The van der Waals surface area contributed by atoms with Gasteiger partial charge in [0.2, 0.25) is 5.91 Å². The molecule has 0 aromatic heterocycles. The summed E-state index contributed by atoms with van der Waals surface area (Å²) in [5, 5.41) is 6.57. The number of hydrogen-bond donors (Lipinski definition) is 2. The highest BCUT2D eigenvalue weighted by molar-refractivity contribution is 5.86. The van der Waals surface area contributed by atoms with Gasteiger partial charge in [-0.15, -0.1) is 0 Å². The van der Waals surface area contributed by atoms with Crippen molar-refractivity contribution in [3.05, 3.63) is 29.8 Å². The number of benzene rings is 1. The van der Waals surface area contributed by atoms with Gasteiger partial charge in [-0.05, 0) is 37.3 Å². The highest BCUT2D eigenvalue weighted by Crippen LogP contribution is 2.34. The summed E-state index contributed by atoms with van der Waals surface area (Å²) in [5.41, 5.74) is 2.24. The van der Waals surface area contributed by atoms with Crippen LogP contribution in [0.25, 0.3) is 0 Å². The summed E-state index contributed by atoms with van der Waals surface area (Å²) in [6.07, 6.45) is 4.38. The van der Waals surface area contributed by atoms with Crippen LogP contribution in [0.1, 0.15) is 57.9 Å². The normalized spacial score (nSPS) is 20.8. The first-order chi connectivity index (χ1) is 10.1. The van der Waals surface area contributed by atoms with Gasteiger partial charge in [-0.3, -0.25) is 4.79 Å². The molecule has 1 heterocycles. The first kappa shape index (κ1) is 15.9. The van der Waals surface area contributed by atoms with E-state index >= 15 is 0 Å². The lowest BCUT2D eigenvalue weighted by Gasteiger charge is -2.30. The third kappa shape index (κ3) is 4.48. The number of nitrogens with one attached hydrogen (secondary N) is 2. The summed E-state index contributed by atoms with van der Waals surface area (Å²) >= 11 is 0. The number of carbonyl (C=O) groups is 1. The van der Waals surface area contributed by atoms with Crippen LogP contribution in [0, 0.1) is 5.92 Å². The molecule has 0 radical (unpaired) electrons. The van der Waals surface area contributed by atoms with Gasteiger partial charge in [-0.2, -0.15) is 0 Å². The SMILES string of the molecule is CC(C)CCCCNC(=O)C1CC(C)Nc2ccccc21. The molecule has 0 aliphatic carbocycles. The number of anilines is 1. The van der Waals surface area contributed by atoms with E-state index in [0.717, 1.165) is 36.6 Å². The topological polar surface area (TPSA) is 41.1 Å². The summed E-state index contributed by atoms with van der Waals surface area (Å²) in [7, 11) is 0. The minimum absolute atomic E-state index is 0.0115. The van der Waals surface area contributed by atoms with Gasteiger partial charge in [0.1, 0.15) is 0 Å². The lowest BCUT2D eigenvalue weighted by Crippen LogP contribution is -2.36. The van der Waals surface area contributed by atoms with E-state index in [4.69, 9.17) is 0 Å². The smallest absolute Gasteiger partial charge is 0.227 e. The molecule has 0 saturated heterocycles. The quantitative estimate of drug-likeness (QED) is 0.779. The third-order valence-corrected chi connectivity index (χ3v) is 4.15. The molecule has 21 heavy (non-hydrogen) atoms. The van der Waals surface area contributed by atoms with Gasteiger partial charge in [0, 0.05) is 18.3 Å². The molecule has 0 fully saturated rings. The Morgan fingerprint density at radius 1 is 1.33 bits per heavy atom. The molecule has 2 N–H and O–H groups in total. The van der Waals surface area contributed by atoms with Gasteiger partial charge < -0.3 is 10.6 Å². The summed E-state index contributed by atoms with van der Waals surface area (Å²) in [4.78, 5) is 12.5. The monoisotopic (exact) mass is 288 g/mol. The Hall–Kier alpha value is -1.51. The highest BCUT2D eigenvalue weighted by atomic mass is 16.1. The molecule has 1 aromatic carbocycles. The van der Waals surface area contributed by atoms with Crippen molar-refractivity contribution in [1.82, 2.24) is 5.32 Å². The van der Waals surface area contributed by atoms with Crippen LogP contribution in [0.3, 0.4) is 0 Å². The van der Waals surface area contributed by atoms with E-state index in [0.29, 0.717) is 6.04 Å². The number of amides is 1. The maximum Gasteiger partial charge on any atom is 0.227 e. The molecular formula is C18H28N2O. The lowest BCUT2D eigenvalue weighted by atomic mass is 9.87. The molecule has 1 aliphatic heterocycles. The van der Waals surface area contributed by atoms with E-state index in [1.165, 1.54) is 12.8 Å². The van der Waals surface area contributed by atoms with Crippen LogP contribution in [-0.4, -0.2) is 18.5 Å². The maximum atomic E-state index is 12.5. The zero-order chi connectivity index (χ0) is 15.2. The highest BCUT2D eigenvalue weighted by Gasteiger charge is 2.29. The molecule has 1 aromatic rings. The Balaban J connectivity index is 1.88. The first-order valence-electron chi connectivity index (χ1n) is 8.21. The molecule has 0 saturated carbocycles. The van der Waals surface area contributed by atoms with Crippen molar-refractivity contribution in [3.8, 4) is 0 Å². The van der Waals surface area contributed by atoms with Crippen LogP contribution in [0.4, 0.5) is 5.69 Å². The Kier molecular flexibility index (Phi) is 5.66. The van der Waals surface area contributed by atoms with E-state index in [-0.39, 0.29) is 11.8 Å². The number of fused-ring (bicyclic) bond motifs is 1. The van der Waals surface area contributed by atoms with E-state index in [1.807, 2.05) is 12.1 Å². The molecule has 116 valence electrons.